The van der Waals surface area contributed by atoms with Crippen molar-refractivity contribution in [1.29, 1.82) is 0 Å². The van der Waals surface area contributed by atoms with Gasteiger partial charge in [0.1, 0.15) is 0 Å². The van der Waals surface area contributed by atoms with Crippen molar-refractivity contribution in [2.75, 3.05) is 11.4 Å². The van der Waals surface area contributed by atoms with Crippen molar-refractivity contribution >= 4 is 11.6 Å². The van der Waals surface area contributed by atoms with Crippen molar-refractivity contribution < 1.29 is 4.79 Å². The summed E-state index contributed by atoms with van der Waals surface area (Å²) in [5.74, 6) is 0.795. The van der Waals surface area contributed by atoms with E-state index in [1.54, 1.807) is 0 Å². The molecule has 3 heterocycles. The standard InChI is InChI=1S/C11H11NO/c13-11-7-8-5-6-12(11)10-4-2-1-3-9(8)10/h1-4,8H,5-7H2. The monoisotopic (exact) mass is 173 g/mol. The first-order valence-electron chi connectivity index (χ1n) is 4.75. The van der Waals surface area contributed by atoms with Gasteiger partial charge in [-0.3, -0.25) is 4.79 Å². The quantitative estimate of drug-likeness (QED) is 0.587. The molecule has 1 atom stereocenters. The van der Waals surface area contributed by atoms with E-state index in [-0.39, 0.29) is 0 Å². The fourth-order valence-electron chi connectivity index (χ4n) is 2.43. The largest absolute Gasteiger partial charge is 0.312 e. The van der Waals surface area contributed by atoms with Crippen molar-refractivity contribution in [2.45, 2.75) is 18.8 Å². The molecule has 2 heteroatoms. The fraction of sp³-hybridized carbons (Fsp3) is 0.364. The number of carbonyl (C=O) groups is 1. The summed E-state index contributed by atoms with van der Waals surface area (Å²) >= 11 is 0. The minimum Gasteiger partial charge on any atom is -0.312 e. The summed E-state index contributed by atoms with van der Waals surface area (Å²) in [5.41, 5.74) is 2.52. The summed E-state index contributed by atoms with van der Waals surface area (Å²) in [4.78, 5) is 13.5. The molecule has 1 fully saturated rings. The highest BCUT2D eigenvalue weighted by Crippen LogP contribution is 2.42. The second-order valence-corrected chi connectivity index (χ2v) is 3.79. The molecule has 0 aromatic heterocycles. The summed E-state index contributed by atoms with van der Waals surface area (Å²) < 4.78 is 0. The van der Waals surface area contributed by atoms with Gasteiger partial charge in [-0.2, -0.15) is 0 Å². The van der Waals surface area contributed by atoms with Gasteiger partial charge >= 0.3 is 0 Å². The van der Waals surface area contributed by atoms with E-state index >= 15 is 0 Å². The van der Waals surface area contributed by atoms with Gasteiger partial charge in [-0.1, -0.05) is 18.2 Å². The van der Waals surface area contributed by atoms with Gasteiger partial charge in [0, 0.05) is 18.7 Å². The Balaban J connectivity index is 2.21. The number of amides is 1. The van der Waals surface area contributed by atoms with Gasteiger partial charge in [0.2, 0.25) is 5.91 Å². The van der Waals surface area contributed by atoms with Crippen LogP contribution in [0.1, 0.15) is 24.3 Å². The third kappa shape index (κ3) is 0.857. The first kappa shape index (κ1) is 7.13. The van der Waals surface area contributed by atoms with E-state index in [1.165, 1.54) is 5.56 Å². The molecule has 0 spiro atoms. The van der Waals surface area contributed by atoms with Crippen LogP contribution in [0.25, 0.3) is 0 Å². The highest BCUT2D eigenvalue weighted by atomic mass is 16.2. The van der Waals surface area contributed by atoms with E-state index in [4.69, 9.17) is 0 Å². The van der Waals surface area contributed by atoms with Crippen molar-refractivity contribution in [3.63, 3.8) is 0 Å². The van der Waals surface area contributed by atoms with Gasteiger partial charge in [0.25, 0.3) is 0 Å². The van der Waals surface area contributed by atoms with Crippen LogP contribution in [0, 0.1) is 0 Å². The molecule has 1 aromatic carbocycles. The second-order valence-electron chi connectivity index (χ2n) is 3.79. The van der Waals surface area contributed by atoms with Gasteiger partial charge in [0.05, 0.1) is 0 Å². The first-order chi connectivity index (χ1) is 6.36. The molecule has 0 radical (unpaired) electrons. The van der Waals surface area contributed by atoms with Crippen LogP contribution >= 0.6 is 0 Å². The number of anilines is 1. The molecule has 2 nitrogen and oxygen atoms in total. The Morgan fingerprint density at radius 3 is 3.00 bits per heavy atom. The number of fused-ring (bicyclic) bond motifs is 2. The number of hydrogen-bond donors (Lipinski definition) is 0. The molecule has 4 rings (SSSR count). The molecular weight excluding hydrogens is 162 g/mol. The zero-order valence-corrected chi connectivity index (χ0v) is 7.36. The summed E-state index contributed by atoms with van der Waals surface area (Å²) in [5, 5.41) is 0. The molecular formula is C11H11NO. The van der Waals surface area contributed by atoms with Crippen LogP contribution in [-0.2, 0) is 4.79 Å². The van der Waals surface area contributed by atoms with Crippen LogP contribution in [0.15, 0.2) is 24.3 Å². The molecule has 1 aromatic rings. The molecule has 13 heavy (non-hydrogen) atoms. The number of hydrogen-bond acceptors (Lipinski definition) is 1. The minimum atomic E-state index is 0.301. The van der Waals surface area contributed by atoms with Crippen molar-refractivity contribution in [3.05, 3.63) is 29.8 Å². The Labute approximate surface area is 77.2 Å². The normalized spacial score (nSPS) is 24.8. The maximum Gasteiger partial charge on any atom is 0.227 e. The van der Waals surface area contributed by atoms with Crippen LogP contribution in [0.2, 0.25) is 0 Å². The van der Waals surface area contributed by atoms with E-state index in [9.17, 15) is 4.79 Å². The lowest BCUT2D eigenvalue weighted by Crippen LogP contribution is -2.43. The van der Waals surface area contributed by atoms with Crippen LogP contribution in [0.5, 0.6) is 0 Å². The lowest BCUT2D eigenvalue weighted by Gasteiger charge is -2.40. The van der Waals surface area contributed by atoms with E-state index < -0.39 is 0 Å². The van der Waals surface area contributed by atoms with Gasteiger partial charge < -0.3 is 4.90 Å². The lowest BCUT2D eigenvalue weighted by molar-refractivity contribution is -0.120. The summed E-state index contributed by atoms with van der Waals surface area (Å²) in [7, 11) is 0. The Kier molecular flexibility index (Phi) is 1.29. The first-order valence-corrected chi connectivity index (χ1v) is 4.75. The van der Waals surface area contributed by atoms with Gasteiger partial charge in [-0.05, 0) is 24.0 Å². The van der Waals surface area contributed by atoms with Crippen LogP contribution in [0.4, 0.5) is 5.69 Å². The molecule has 2 bridgehead atoms. The van der Waals surface area contributed by atoms with E-state index in [0.29, 0.717) is 11.8 Å². The zero-order valence-electron chi connectivity index (χ0n) is 7.36. The fourth-order valence-corrected chi connectivity index (χ4v) is 2.43. The number of benzene rings is 1. The molecule has 1 saturated heterocycles. The summed E-state index contributed by atoms with van der Waals surface area (Å²) in [6.07, 6.45) is 1.86. The second kappa shape index (κ2) is 2.34. The Bertz CT molecular complexity index is 372. The van der Waals surface area contributed by atoms with Gasteiger partial charge in [-0.15, -0.1) is 0 Å². The predicted molar refractivity (Wildman–Crippen MR) is 50.8 cm³/mol. The molecule has 3 aliphatic rings. The molecule has 0 aliphatic carbocycles. The lowest BCUT2D eigenvalue weighted by atomic mass is 9.83. The van der Waals surface area contributed by atoms with Crippen molar-refractivity contribution in [1.82, 2.24) is 0 Å². The predicted octanol–water partition coefficient (Wildman–Crippen LogP) is 1.91. The Hall–Kier alpha value is -1.31. The number of rotatable bonds is 0. The molecule has 0 N–H and O–H groups in total. The number of carbonyl (C=O) groups excluding carboxylic acids is 1. The molecule has 0 saturated carbocycles. The Morgan fingerprint density at radius 2 is 2.15 bits per heavy atom. The summed E-state index contributed by atoms with van der Waals surface area (Å²) in [6, 6.07) is 8.27. The smallest absolute Gasteiger partial charge is 0.227 e. The molecule has 3 aliphatic heterocycles. The average Bonchev–Trinajstić information content (AvgIpc) is 2.19. The zero-order chi connectivity index (χ0) is 8.84. The third-order valence-electron chi connectivity index (χ3n) is 3.09. The SMILES string of the molecule is O=C1CC2CCN1c1ccccc12. The summed E-state index contributed by atoms with van der Waals surface area (Å²) in [6.45, 7) is 0.917. The maximum absolute atomic E-state index is 11.5. The van der Waals surface area contributed by atoms with Crippen molar-refractivity contribution in [2.24, 2.45) is 0 Å². The average molecular weight is 173 g/mol. The van der Waals surface area contributed by atoms with Gasteiger partial charge in [-0.25, -0.2) is 0 Å². The van der Waals surface area contributed by atoms with Gasteiger partial charge in [0.15, 0.2) is 0 Å². The molecule has 66 valence electrons. The molecule has 1 unspecified atom stereocenters. The van der Waals surface area contributed by atoms with Crippen LogP contribution in [0.3, 0.4) is 0 Å². The van der Waals surface area contributed by atoms with E-state index in [2.05, 4.69) is 18.2 Å². The van der Waals surface area contributed by atoms with Crippen molar-refractivity contribution in [3.8, 4) is 0 Å². The number of nitrogens with zero attached hydrogens (tertiary/aromatic N) is 1. The number of piperidine rings is 1. The van der Waals surface area contributed by atoms with E-state index in [1.807, 2.05) is 11.0 Å². The highest BCUT2D eigenvalue weighted by Gasteiger charge is 2.35. The topological polar surface area (TPSA) is 20.3 Å². The molecule has 1 amide bonds. The van der Waals surface area contributed by atoms with Crippen LogP contribution < -0.4 is 4.90 Å². The van der Waals surface area contributed by atoms with E-state index in [0.717, 1.165) is 25.1 Å². The maximum atomic E-state index is 11.5. The highest BCUT2D eigenvalue weighted by molar-refractivity contribution is 5.98. The minimum absolute atomic E-state index is 0.301. The Morgan fingerprint density at radius 1 is 1.31 bits per heavy atom. The number of para-hydroxylation sites is 1. The third-order valence-corrected chi connectivity index (χ3v) is 3.09. The van der Waals surface area contributed by atoms with Crippen LogP contribution in [-0.4, -0.2) is 12.5 Å².